The predicted molar refractivity (Wildman–Crippen MR) is 120 cm³/mol. The fourth-order valence-electron chi connectivity index (χ4n) is 4.54. The third-order valence-corrected chi connectivity index (χ3v) is 7.15. The van der Waals surface area contributed by atoms with Crippen LogP contribution >= 0.6 is 11.8 Å². The maximum atomic E-state index is 12.6. The summed E-state index contributed by atoms with van der Waals surface area (Å²) in [7, 11) is 0. The van der Waals surface area contributed by atoms with E-state index in [0.717, 1.165) is 50.9 Å². The number of aromatic nitrogens is 3. The minimum absolute atomic E-state index is 0.188. The Balaban J connectivity index is 1.16. The topological polar surface area (TPSA) is 65.1 Å². The first-order valence-electron chi connectivity index (χ1n) is 11.3. The number of rotatable bonds is 8. The lowest BCUT2D eigenvalue weighted by molar-refractivity contribution is -0.130. The van der Waals surface area contributed by atoms with E-state index in [2.05, 4.69) is 51.3 Å². The zero-order valence-electron chi connectivity index (χ0n) is 18.0. The monoisotopic (exact) mass is 427 g/mol. The number of amides is 1. The molecule has 1 aromatic heterocycles. The lowest BCUT2D eigenvalue weighted by Gasteiger charge is -2.34. The third-order valence-electron chi connectivity index (χ3n) is 6.31. The highest BCUT2D eigenvalue weighted by Gasteiger charge is 2.22. The Hall–Kier alpha value is -1.86. The molecule has 1 aromatic carbocycles. The van der Waals surface area contributed by atoms with Gasteiger partial charge in [-0.25, -0.2) is 4.98 Å². The summed E-state index contributed by atoms with van der Waals surface area (Å²) in [5, 5.41) is 8.04. The maximum Gasteiger partial charge on any atom is 0.233 e. The van der Waals surface area contributed by atoms with Crippen LogP contribution in [0.4, 0.5) is 0 Å². The van der Waals surface area contributed by atoms with E-state index < -0.39 is 0 Å². The molecule has 0 atom stereocenters. The normalized spacial score (nSPS) is 18.2. The maximum absolute atomic E-state index is 12.6. The number of H-pyrrole nitrogens is 1. The second-order valence-corrected chi connectivity index (χ2v) is 9.63. The number of aromatic amines is 1. The summed E-state index contributed by atoms with van der Waals surface area (Å²) in [6.45, 7) is 6.54. The number of carbonyl (C=O) groups is 1. The van der Waals surface area contributed by atoms with Gasteiger partial charge in [-0.1, -0.05) is 67.3 Å². The molecule has 30 heavy (non-hydrogen) atoms. The van der Waals surface area contributed by atoms with Crippen LogP contribution in [0.5, 0.6) is 0 Å². The van der Waals surface area contributed by atoms with E-state index in [9.17, 15) is 4.79 Å². The number of aryl methyl sites for hydroxylation is 2. The molecule has 2 heterocycles. The molecule has 7 heteroatoms. The lowest BCUT2D eigenvalue weighted by Crippen LogP contribution is -2.48. The van der Waals surface area contributed by atoms with Crippen molar-refractivity contribution in [1.82, 2.24) is 25.0 Å². The summed E-state index contributed by atoms with van der Waals surface area (Å²) in [5.41, 5.74) is 2.64. The van der Waals surface area contributed by atoms with Gasteiger partial charge in [-0.05, 0) is 24.8 Å². The second-order valence-electron chi connectivity index (χ2n) is 8.69. The highest BCUT2D eigenvalue weighted by molar-refractivity contribution is 7.99. The van der Waals surface area contributed by atoms with E-state index in [-0.39, 0.29) is 5.91 Å². The van der Waals surface area contributed by atoms with Crippen molar-refractivity contribution in [3.05, 3.63) is 41.2 Å². The van der Waals surface area contributed by atoms with Gasteiger partial charge in [0, 0.05) is 39.1 Å². The van der Waals surface area contributed by atoms with Crippen LogP contribution in [0.15, 0.2) is 29.4 Å². The molecule has 2 aliphatic rings. The van der Waals surface area contributed by atoms with Gasteiger partial charge in [-0.15, -0.1) is 5.10 Å². The van der Waals surface area contributed by atoms with E-state index in [1.807, 2.05) is 4.90 Å². The van der Waals surface area contributed by atoms with E-state index in [4.69, 9.17) is 0 Å². The fraction of sp³-hybridized carbons (Fsp3) is 0.609. The number of hydrogen-bond acceptors (Lipinski definition) is 5. The summed E-state index contributed by atoms with van der Waals surface area (Å²) in [5.74, 6) is 2.42. The molecule has 6 nitrogen and oxygen atoms in total. The van der Waals surface area contributed by atoms with Crippen LogP contribution in [0, 0.1) is 12.8 Å². The Morgan fingerprint density at radius 2 is 2.00 bits per heavy atom. The molecule has 0 spiro atoms. The van der Waals surface area contributed by atoms with E-state index in [1.54, 1.807) is 0 Å². The largest absolute Gasteiger partial charge is 0.339 e. The molecular formula is C23H33N5OS. The van der Waals surface area contributed by atoms with Crippen molar-refractivity contribution in [2.75, 3.05) is 31.9 Å². The number of benzene rings is 1. The van der Waals surface area contributed by atoms with Crippen LogP contribution < -0.4 is 0 Å². The number of thioether (sulfide) groups is 1. The fourth-order valence-corrected chi connectivity index (χ4v) is 5.26. The van der Waals surface area contributed by atoms with Crippen molar-refractivity contribution in [2.45, 2.75) is 57.1 Å². The van der Waals surface area contributed by atoms with Crippen molar-refractivity contribution in [3.8, 4) is 0 Å². The van der Waals surface area contributed by atoms with Crippen LogP contribution in [0.2, 0.25) is 0 Å². The number of hydrogen-bond donors (Lipinski definition) is 1. The van der Waals surface area contributed by atoms with Gasteiger partial charge in [0.25, 0.3) is 0 Å². The average molecular weight is 428 g/mol. The Morgan fingerprint density at radius 1 is 1.20 bits per heavy atom. The molecular weight excluding hydrogens is 394 g/mol. The van der Waals surface area contributed by atoms with E-state index in [1.165, 1.54) is 55.0 Å². The molecule has 1 aliphatic heterocycles. The molecule has 1 saturated heterocycles. The Labute approximate surface area is 183 Å². The van der Waals surface area contributed by atoms with Crippen molar-refractivity contribution < 1.29 is 4.79 Å². The van der Waals surface area contributed by atoms with Gasteiger partial charge in [0.2, 0.25) is 11.1 Å². The molecule has 1 saturated carbocycles. The minimum Gasteiger partial charge on any atom is -0.339 e. The van der Waals surface area contributed by atoms with Crippen LogP contribution in [0.25, 0.3) is 0 Å². The first kappa shape index (κ1) is 21.4. The first-order chi connectivity index (χ1) is 14.7. The molecule has 2 aromatic rings. The van der Waals surface area contributed by atoms with Gasteiger partial charge in [-0.3, -0.25) is 14.8 Å². The highest BCUT2D eigenvalue weighted by atomic mass is 32.2. The predicted octanol–water partition coefficient (Wildman–Crippen LogP) is 3.67. The van der Waals surface area contributed by atoms with Crippen LogP contribution in [-0.4, -0.2) is 62.8 Å². The molecule has 1 aliphatic carbocycles. The summed E-state index contributed by atoms with van der Waals surface area (Å²) in [6, 6.07) is 8.67. The van der Waals surface area contributed by atoms with Crippen LogP contribution in [0.3, 0.4) is 0 Å². The minimum atomic E-state index is 0.188. The molecule has 1 N–H and O–H groups in total. The number of carbonyl (C=O) groups excluding carboxylic acids is 1. The average Bonchev–Trinajstić information content (AvgIpc) is 3.43. The smallest absolute Gasteiger partial charge is 0.233 e. The molecule has 0 unspecified atom stereocenters. The van der Waals surface area contributed by atoms with Gasteiger partial charge >= 0.3 is 0 Å². The summed E-state index contributed by atoms with van der Waals surface area (Å²) >= 11 is 1.45. The van der Waals surface area contributed by atoms with Crippen molar-refractivity contribution >= 4 is 17.7 Å². The van der Waals surface area contributed by atoms with Crippen molar-refractivity contribution in [1.29, 1.82) is 0 Å². The summed E-state index contributed by atoms with van der Waals surface area (Å²) in [4.78, 5) is 21.6. The quantitative estimate of drug-likeness (QED) is 0.651. The number of nitrogens with zero attached hydrogens (tertiary/aromatic N) is 4. The van der Waals surface area contributed by atoms with E-state index >= 15 is 0 Å². The molecule has 4 rings (SSSR count). The summed E-state index contributed by atoms with van der Waals surface area (Å²) in [6.07, 6.45) is 7.65. The zero-order valence-corrected chi connectivity index (χ0v) is 18.8. The first-order valence-corrected chi connectivity index (χ1v) is 12.2. The molecule has 1 amide bonds. The Bertz CT molecular complexity index is 825. The molecule has 0 bridgehead atoms. The van der Waals surface area contributed by atoms with Gasteiger partial charge in [0.15, 0.2) is 0 Å². The highest BCUT2D eigenvalue weighted by Crippen LogP contribution is 2.28. The third kappa shape index (κ3) is 6.08. The molecule has 162 valence electrons. The SMILES string of the molecule is Cc1cccc(CN2CCN(C(=O)CSc3n[nH]c(CCC4CCCC4)n3)CC2)c1. The lowest BCUT2D eigenvalue weighted by atomic mass is 10.0. The second kappa shape index (κ2) is 10.4. The number of piperazine rings is 1. The van der Waals surface area contributed by atoms with Gasteiger partial charge in [0.05, 0.1) is 5.75 Å². The Kier molecular flexibility index (Phi) is 7.44. The standard InChI is InChI=1S/C23H33N5OS/c1-18-5-4-8-20(15-18)16-27-11-13-28(14-12-27)22(29)17-30-23-24-21(25-26-23)10-9-19-6-2-3-7-19/h4-5,8,15,19H,2-3,6-7,9-14,16-17H2,1H3,(H,24,25,26). The van der Waals surface area contributed by atoms with Crippen molar-refractivity contribution in [3.63, 3.8) is 0 Å². The summed E-state index contributed by atoms with van der Waals surface area (Å²) < 4.78 is 0. The Morgan fingerprint density at radius 3 is 2.77 bits per heavy atom. The number of nitrogens with one attached hydrogen (secondary N) is 1. The molecule has 2 fully saturated rings. The molecule has 0 radical (unpaired) electrons. The zero-order chi connectivity index (χ0) is 20.8. The van der Waals surface area contributed by atoms with E-state index in [0.29, 0.717) is 10.9 Å². The van der Waals surface area contributed by atoms with Crippen LogP contribution in [0.1, 0.15) is 49.1 Å². The van der Waals surface area contributed by atoms with Gasteiger partial charge in [-0.2, -0.15) is 0 Å². The van der Waals surface area contributed by atoms with Gasteiger partial charge < -0.3 is 4.90 Å². The van der Waals surface area contributed by atoms with Crippen LogP contribution in [-0.2, 0) is 17.8 Å². The van der Waals surface area contributed by atoms with Crippen molar-refractivity contribution in [2.24, 2.45) is 5.92 Å². The van der Waals surface area contributed by atoms with Gasteiger partial charge in [0.1, 0.15) is 5.82 Å².